The predicted octanol–water partition coefficient (Wildman–Crippen LogP) is 6.95. The summed E-state index contributed by atoms with van der Waals surface area (Å²) < 4.78 is 0. The Balaban J connectivity index is 1.36. The van der Waals surface area contributed by atoms with Crippen LogP contribution in [0.2, 0.25) is 0 Å². The summed E-state index contributed by atoms with van der Waals surface area (Å²) >= 11 is 1.40. The molecule has 7 heteroatoms. The van der Waals surface area contributed by atoms with E-state index < -0.39 is 5.91 Å². The fourth-order valence-electron chi connectivity index (χ4n) is 3.79. The molecule has 3 amide bonds. The van der Waals surface area contributed by atoms with Crippen LogP contribution in [0.3, 0.4) is 0 Å². The molecule has 0 aliphatic rings. The van der Waals surface area contributed by atoms with Gasteiger partial charge in [0.05, 0.1) is 5.75 Å². The topological polar surface area (TPSA) is 87.3 Å². The molecule has 0 bridgehead atoms. The van der Waals surface area contributed by atoms with Gasteiger partial charge >= 0.3 is 0 Å². The van der Waals surface area contributed by atoms with Gasteiger partial charge in [-0.1, -0.05) is 74.5 Å². The summed E-state index contributed by atoms with van der Waals surface area (Å²) in [6, 6.07) is 33.1. The Kier molecular flexibility index (Phi) is 9.91. The Morgan fingerprint density at radius 1 is 0.725 bits per heavy atom. The molecule has 0 spiro atoms. The van der Waals surface area contributed by atoms with Gasteiger partial charge in [-0.25, -0.2) is 0 Å². The molecule has 0 aliphatic heterocycles. The van der Waals surface area contributed by atoms with Gasteiger partial charge in [-0.2, -0.15) is 0 Å². The van der Waals surface area contributed by atoms with Crippen molar-refractivity contribution >= 4 is 46.9 Å². The SMILES string of the molecule is CC(C)c1ccc(NC(=O)CSc2ccc(NC(=O)/C(=C/c3ccccc3)NC(=O)c3ccccc3)cc2)cc1. The molecule has 40 heavy (non-hydrogen) atoms. The van der Waals surface area contributed by atoms with E-state index in [0.29, 0.717) is 17.2 Å². The van der Waals surface area contributed by atoms with Crippen LogP contribution in [-0.4, -0.2) is 23.5 Å². The van der Waals surface area contributed by atoms with E-state index in [1.54, 1.807) is 42.5 Å². The van der Waals surface area contributed by atoms with Crippen molar-refractivity contribution in [3.8, 4) is 0 Å². The van der Waals surface area contributed by atoms with Gasteiger partial charge in [0, 0.05) is 21.8 Å². The molecule has 202 valence electrons. The number of carbonyl (C=O) groups excluding carboxylic acids is 3. The highest BCUT2D eigenvalue weighted by atomic mass is 32.2. The normalized spacial score (nSPS) is 11.1. The maximum absolute atomic E-state index is 13.2. The smallest absolute Gasteiger partial charge is 0.272 e. The average Bonchev–Trinajstić information content (AvgIpc) is 2.97. The minimum Gasteiger partial charge on any atom is -0.325 e. The van der Waals surface area contributed by atoms with Crippen molar-refractivity contribution in [3.05, 3.63) is 132 Å². The van der Waals surface area contributed by atoms with E-state index in [-0.39, 0.29) is 23.3 Å². The van der Waals surface area contributed by atoms with Gasteiger partial charge in [-0.15, -0.1) is 11.8 Å². The van der Waals surface area contributed by atoms with Crippen molar-refractivity contribution in [1.82, 2.24) is 5.32 Å². The lowest BCUT2D eigenvalue weighted by molar-refractivity contribution is -0.114. The molecule has 4 rings (SSSR count). The number of carbonyl (C=O) groups is 3. The van der Waals surface area contributed by atoms with E-state index in [0.717, 1.165) is 16.1 Å². The zero-order valence-electron chi connectivity index (χ0n) is 22.4. The number of nitrogens with one attached hydrogen (secondary N) is 3. The maximum Gasteiger partial charge on any atom is 0.272 e. The number of amides is 3. The molecule has 0 saturated heterocycles. The number of thioether (sulfide) groups is 1. The Labute approximate surface area is 238 Å². The van der Waals surface area contributed by atoms with Gasteiger partial charge in [0.2, 0.25) is 5.91 Å². The highest BCUT2D eigenvalue weighted by Gasteiger charge is 2.15. The number of hydrogen-bond acceptors (Lipinski definition) is 4. The number of rotatable bonds is 10. The summed E-state index contributed by atoms with van der Waals surface area (Å²) in [7, 11) is 0. The highest BCUT2D eigenvalue weighted by molar-refractivity contribution is 8.00. The molecule has 0 aromatic heterocycles. The van der Waals surface area contributed by atoms with Crippen LogP contribution >= 0.6 is 11.8 Å². The summed E-state index contributed by atoms with van der Waals surface area (Å²) in [6.45, 7) is 4.26. The molecule has 3 N–H and O–H groups in total. The largest absolute Gasteiger partial charge is 0.325 e. The first-order chi connectivity index (χ1) is 19.4. The molecular weight excluding hydrogens is 518 g/mol. The number of hydrogen-bond donors (Lipinski definition) is 3. The number of benzene rings is 4. The van der Waals surface area contributed by atoms with Crippen molar-refractivity contribution in [2.24, 2.45) is 0 Å². The second-order valence-corrected chi connectivity index (χ2v) is 10.4. The fraction of sp³-hybridized carbons (Fsp3) is 0.121. The predicted molar refractivity (Wildman–Crippen MR) is 163 cm³/mol. The van der Waals surface area contributed by atoms with Crippen molar-refractivity contribution < 1.29 is 14.4 Å². The third-order valence-corrected chi connectivity index (χ3v) is 6.99. The van der Waals surface area contributed by atoms with Crippen LogP contribution in [0.25, 0.3) is 6.08 Å². The Morgan fingerprint density at radius 3 is 1.93 bits per heavy atom. The molecule has 0 unspecified atom stereocenters. The summed E-state index contributed by atoms with van der Waals surface area (Å²) in [6.07, 6.45) is 1.63. The van der Waals surface area contributed by atoms with Crippen LogP contribution in [0.15, 0.2) is 120 Å². The molecule has 0 atom stereocenters. The third-order valence-electron chi connectivity index (χ3n) is 5.98. The van der Waals surface area contributed by atoms with Gasteiger partial charge in [-0.3, -0.25) is 14.4 Å². The van der Waals surface area contributed by atoms with Crippen molar-refractivity contribution in [3.63, 3.8) is 0 Å². The Hall–Kier alpha value is -4.62. The van der Waals surface area contributed by atoms with E-state index in [9.17, 15) is 14.4 Å². The molecule has 0 heterocycles. The standard InChI is InChI=1S/C33H31N3O3S/c1-23(2)25-13-15-27(16-14-25)34-31(37)22-40-29-19-17-28(18-20-29)35-33(39)30(21-24-9-5-3-6-10-24)36-32(38)26-11-7-4-8-12-26/h3-21,23H,22H2,1-2H3,(H,34,37)(H,35,39)(H,36,38)/b30-21-. The molecular formula is C33H31N3O3S. The van der Waals surface area contributed by atoms with Crippen LogP contribution in [0.1, 0.15) is 41.3 Å². The summed E-state index contributed by atoms with van der Waals surface area (Å²) in [5, 5.41) is 8.50. The fourth-order valence-corrected chi connectivity index (χ4v) is 4.49. The van der Waals surface area contributed by atoms with Crippen LogP contribution in [0.4, 0.5) is 11.4 Å². The molecule has 0 saturated carbocycles. The molecule has 0 radical (unpaired) electrons. The zero-order chi connectivity index (χ0) is 28.3. The van der Waals surface area contributed by atoms with Crippen molar-refractivity contribution in [2.45, 2.75) is 24.7 Å². The van der Waals surface area contributed by atoms with Crippen molar-refractivity contribution in [2.75, 3.05) is 16.4 Å². The zero-order valence-corrected chi connectivity index (χ0v) is 23.2. The van der Waals surface area contributed by atoms with Crippen LogP contribution in [0.5, 0.6) is 0 Å². The maximum atomic E-state index is 13.2. The van der Waals surface area contributed by atoms with E-state index in [2.05, 4.69) is 29.8 Å². The first-order valence-electron chi connectivity index (χ1n) is 12.9. The summed E-state index contributed by atoms with van der Waals surface area (Å²) in [5.41, 5.74) is 3.91. The van der Waals surface area contributed by atoms with Crippen LogP contribution in [-0.2, 0) is 9.59 Å². The van der Waals surface area contributed by atoms with E-state index in [4.69, 9.17) is 0 Å². The van der Waals surface area contributed by atoms with E-state index >= 15 is 0 Å². The summed E-state index contributed by atoms with van der Waals surface area (Å²) in [5.74, 6) is -0.222. The summed E-state index contributed by atoms with van der Waals surface area (Å²) in [4.78, 5) is 39.2. The third kappa shape index (κ3) is 8.44. The van der Waals surface area contributed by atoms with Gasteiger partial charge < -0.3 is 16.0 Å². The molecule has 0 fully saturated rings. The van der Waals surface area contributed by atoms with Gasteiger partial charge in [0.1, 0.15) is 5.70 Å². The Morgan fingerprint density at radius 2 is 1.30 bits per heavy atom. The minimum absolute atomic E-state index is 0.0930. The van der Waals surface area contributed by atoms with Crippen LogP contribution in [0, 0.1) is 0 Å². The van der Waals surface area contributed by atoms with Gasteiger partial charge in [0.25, 0.3) is 11.8 Å². The lowest BCUT2D eigenvalue weighted by atomic mass is 10.0. The molecule has 4 aromatic rings. The van der Waals surface area contributed by atoms with Gasteiger partial charge in [0.15, 0.2) is 0 Å². The first-order valence-corrected chi connectivity index (χ1v) is 13.9. The second kappa shape index (κ2) is 14.0. The quantitative estimate of drug-likeness (QED) is 0.148. The number of anilines is 2. The average molecular weight is 550 g/mol. The van der Waals surface area contributed by atoms with Crippen LogP contribution < -0.4 is 16.0 Å². The Bertz CT molecular complexity index is 1470. The highest BCUT2D eigenvalue weighted by Crippen LogP contribution is 2.22. The second-order valence-electron chi connectivity index (χ2n) is 9.38. The lowest BCUT2D eigenvalue weighted by Gasteiger charge is -2.12. The van der Waals surface area contributed by atoms with Gasteiger partial charge in [-0.05, 0) is 71.7 Å². The monoisotopic (exact) mass is 549 g/mol. The molecule has 6 nitrogen and oxygen atoms in total. The lowest BCUT2D eigenvalue weighted by Crippen LogP contribution is -2.30. The van der Waals surface area contributed by atoms with E-state index in [1.165, 1.54) is 17.3 Å². The molecule has 4 aromatic carbocycles. The molecule has 0 aliphatic carbocycles. The minimum atomic E-state index is -0.448. The van der Waals surface area contributed by atoms with E-state index in [1.807, 2.05) is 72.8 Å². The first kappa shape index (κ1) is 28.4. The van der Waals surface area contributed by atoms with Crippen molar-refractivity contribution in [1.29, 1.82) is 0 Å².